The van der Waals surface area contributed by atoms with Gasteiger partial charge in [-0.3, -0.25) is 15.0 Å². The van der Waals surface area contributed by atoms with Crippen LogP contribution in [-0.4, -0.2) is 43.2 Å². The molecule has 1 heterocycles. The van der Waals surface area contributed by atoms with Crippen molar-refractivity contribution in [2.75, 3.05) is 20.2 Å². The van der Waals surface area contributed by atoms with Gasteiger partial charge < -0.3 is 4.74 Å². The van der Waals surface area contributed by atoms with Gasteiger partial charge in [0, 0.05) is 25.7 Å². The highest BCUT2D eigenvalue weighted by atomic mass is 16.5. The van der Waals surface area contributed by atoms with Gasteiger partial charge >= 0.3 is 5.97 Å². The van der Waals surface area contributed by atoms with Crippen LogP contribution in [0.1, 0.15) is 12.5 Å². The van der Waals surface area contributed by atoms with E-state index in [1.54, 1.807) is 0 Å². The number of nitrogens with one attached hydrogen (secondary N) is 1. The molecule has 0 amide bonds. The molecule has 1 aromatic rings. The molecule has 98 valence electrons. The highest BCUT2D eigenvalue weighted by molar-refractivity contribution is 5.76. The average molecular weight is 248 g/mol. The fourth-order valence-electron chi connectivity index (χ4n) is 2.42. The first-order valence-corrected chi connectivity index (χ1v) is 6.29. The Labute approximate surface area is 108 Å². The molecule has 4 nitrogen and oxygen atoms in total. The van der Waals surface area contributed by atoms with E-state index in [0.717, 1.165) is 13.1 Å². The van der Waals surface area contributed by atoms with Gasteiger partial charge in [-0.2, -0.15) is 0 Å². The van der Waals surface area contributed by atoms with Crippen molar-refractivity contribution < 1.29 is 9.53 Å². The van der Waals surface area contributed by atoms with Crippen LogP contribution >= 0.6 is 0 Å². The number of benzene rings is 1. The third-order valence-corrected chi connectivity index (χ3v) is 3.19. The molecule has 2 atom stereocenters. The number of rotatable bonds is 3. The zero-order valence-corrected chi connectivity index (χ0v) is 10.9. The monoisotopic (exact) mass is 248 g/mol. The van der Waals surface area contributed by atoms with Gasteiger partial charge in [-0.25, -0.2) is 0 Å². The molecule has 1 saturated heterocycles. The molecule has 1 aliphatic rings. The maximum Gasteiger partial charge on any atom is 0.324 e. The van der Waals surface area contributed by atoms with Gasteiger partial charge in [-0.05, 0) is 12.5 Å². The summed E-state index contributed by atoms with van der Waals surface area (Å²) in [6, 6.07) is 10.4. The van der Waals surface area contributed by atoms with Gasteiger partial charge in [0.15, 0.2) is 0 Å². The first kappa shape index (κ1) is 13.1. The zero-order chi connectivity index (χ0) is 13.0. The number of nitrogens with zero attached hydrogens (tertiary/aromatic N) is 1. The third-order valence-electron chi connectivity index (χ3n) is 3.19. The van der Waals surface area contributed by atoms with E-state index in [1.807, 2.05) is 18.2 Å². The minimum Gasteiger partial charge on any atom is -0.468 e. The van der Waals surface area contributed by atoms with E-state index in [9.17, 15) is 4.79 Å². The third kappa shape index (κ3) is 3.31. The lowest BCUT2D eigenvalue weighted by molar-refractivity contribution is -0.144. The molecule has 0 aromatic heterocycles. The zero-order valence-electron chi connectivity index (χ0n) is 10.9. The van der Waals surface area contributed by atoms with Gasteiger partial charge in [0.2, 0.25) is 0 Å². The van der Waals surface area contributed by atoms with Crippen LogP contribution in [0.5, 0.6) is 0 Å². The number of hydrogen-bond acceptors (Lipinski definition) is 4. The van der Waals surface area contributed by atoms with E-state index >= 15 is 0 Å². The molecule has 0 unspecified atom stereocenters. The smallest absolute Gasteiger partial charge is 0.324 e. The summed E-state index contributed by atoms with van der Waals surface area (Å²) in [4.78, 5) is 13.9. The summed E-state index contributed by atoms with van der Waals surface area (Å²) < 4.78 is 4.81. The summed E-state index contributed by atoms with van der Waals surface area (Å²) in [5.41, 5.74) is 1.27. The number of carbonyl (C=O) groups excluding carboxylic acids is 1. The van der Waals surface area contributed by atoms with Crippen molar-refractivity contribution in [1.82, 2.24) is 10.2 Å². The Morgan fingerprint density at radius 1 is 1.39 bits per heavy atom. The quantitative estimate of drug-likeness (QED) is 0.811. The van der Waals surface area contributed by atoms with Gasteiger partial charge in [0.25, 0.3) is 0 Å². The predicted molar refractivity (Wildman–Crippen MR) is 70.1 cm³/mol. The van der Waals surface area contributed by atoms with Crippen LogP contribution < -0.4 is 5.32 Å². The largest absolute Gasteiger partial charge is 0.468 e. The Balaban J connectivity index is 1.98. The second-order valence-electron chi connectivity index (χ2n) is 4.82. The van der Waals surface area contributed by atoms with E-state index in [1.165, 1.54) is 12.7 Å². The summed E-state index contributed by atoms with van der Waals surface area (Å²) in [6.45, 7) is 4.61. The first-order valence-electron chi connectivity index (χ1n) is 6.29. The lowest BCUT2D eigenvalue weighted by Gasteiger charge is -2.36. The number of methoxy groups -OCH3 is 1. The molecule has 0 spiro atoms. The Bertz CT molecular complexity index is 394. The van der Waals surface area contributed by atoms with Crippen molar-refractivity contribution in [3.63, 3.8) is 0 Å². The molecule has 0 saturated carbocycles. The van der Waals surface area contributed by atoms with Crippen molar-refractivity contribution >= 4 is 5.97 Å². The van der Waals surface area contributed by atoms with Crippen LogP contribution in [0.15, 0.2) is 30.3 Å². The number of hydrogen-bond donors (Lipinski definition) is 1. The second-order valence-corrected chi connectivity index (χ2v) is 4.82. The summed E-state index contributed by atoms with van der Waals surface area (Å²) >= 11 is 0. The van der Waals surface area contributed by atoms with Crippen LogP contribution in [0.3, 0.4) is 0 Å². The fraction of sp³-hybridized carbons (Fsp3) is 0.500. The summed E-state index contributed by atoms with van der Waals surface area (Å²) in [7, 11) is 1.44. The fourth-order valence-corrected chi connectivity index (χ4v) is 2.42. The van der Waals surface area contributed by atoms with Crippen molar-refractivity contribution in [2.24, 2.45) is 0 Å². The molecule has 1 N–H and O–H groups in total. The van der Waals surface area contributed by atoms with E-state index in [0.29, 0.717) is 12.6 Å². The highest BCUT2D eigenvalue weighted by Gasteiger charge is 2.29. The van der Waals surface area contributed by atoms with E-state index in [4.69, 9.17) is 4.74 Å². The second kappa shape index (κ2) is 5.98. The van der Waals surface area contributed by atoms with Crippen LogP contribution in [-0.2, 0) is 16.1 Å². The standard InChI is InChI=1S/C14H20N2O2/c1-11-8-16(9-12-6-4-3-5-7-12)10-13(15-11)14(17)18-2/h3-7,11,13,15H,8-10H2,1-2H3/t11-,13+/m0/s1. The molecule has 1 fully saturated rings. The predicted octanol–water partition coefficient (Wildman–Crippen LogP) is 1.02. The maximum atomic E-state index is 11.6. The molecule has 0 aliphatic carbocycles. The van der Waals surface area contributed by atoms with Gasteiger partial charge in [-0.1, -0.05) is 30.3 Å². The molecule has 1 aromatic carbocycles. The molecule has 1 aliphatic heterocycles. The lowest BCUT2D eigenvalue weighted by atomic mass is 10.1. The van der Waals surface area contributed by atoms with Crippen LogP contribution in [0.25, 0.3) is 0 Å². The van der Waals surface area contributed by atoms with Gasteiger partial charge in [0.1, 0.15) is 6.04 Å². The van der Waals surface area contributed by atoms with Crippen molar-refractivity contribution in [1.29, 1.82) is 0 Å². The Morgan fingerprint density at radius 3 is 2.78 bits per heavy atom. The Kier molecular flexibility index (Phi) is 4.33. The van der Waals surface area contributed by atoms with Gasteiger partial charge in [-0.15, -0.1) is 0 Å². The topological polar surface area (TPSA) is 41.6 Å². The Hall–Kier alpha value is -1.39. The number of piperazine rings is 1. The Morgan fingerprint density at radius 2 is 2.11 bits per heavy atom. The summed E-state index contributed by atoms with van der Waals surface area (Å²) in [6.07, 6.45) is 0. The van der Waals surface area contributed by atoms with E-state index in [-0.39, 0.29) is 12.0 Å². The average Bonchev–Trinajstić information content (AvgIpc) is 2.38. The first-order chi connectivity index (χ1) is 8.69. The molecular weight excluding hydrogens is 228 g/mol. The number of ether oxygens (including phenoxy) is 1. The van der Waals surface area contributed by atoms with Crippen LogP contribution in [0.2, 0.25) is 0 Å². The van der Waals surface area contributed by atoms with Crippen molar-refractivity contribution in [3.8, 4) is 0 Å². The minimum atomic E-state index is -0.220. The maximum absolute atomic E-state index is 11.6. The molecule has 0 radical (unpaired) electrons. The van der Waals surface area contributed by atoms with Crippen LogP contribution in [0, 0.1) is 0 Å². The summed E-state index contributed by atoms with van der Waals surface area (Å²) in [5.74, 6) is -0.181. The summed E-state index contributed by atoms with van der Waals surface area (Å²) in [5, 5.41) is 3.27. The van der Waals surface area contributed by atoms with E-state index in [2.05, 4.69) is 29.3 Å². The van der Waals surface area contributed by atoms with Crippen molar-refractivity contribution in [3.05, 3.63) is 35.9 Å². The SMILES string of the molecule is COC(=O)[C@H]1CN(Cc2ccccc2)C[C@H](C)N1. The number of carbonyl (C=O) groups is 1. The molecular formula is C14H20N2O2. The molecule has 0 bridgehead atoms. The van der Waals surface area contributed by atoms with Gasteiger partial charge in [0.05, 0.1) is 7.11 Å². The number of esters is 1. The van der Waals surface area contributed by atoms with Crippen molar-refractivity contribution in [2.45, 2.75) is 25.6 Å². The minimum absolute atomic E-state index is 0.181. The van der Waals surface area contributed by atoms with E-state index < -0.39 is 0 Å². The molecule has 2 rings (SSSR count). The molecule has 18 heavy (non-hydrogen) atoms. The highest BCUT2D eigenvalue weighted by Crippen LogP contribution is 2.10. The lowest BCUT2D eigenvalue weighted by Crippen LogP contribution is -2.58. The van der Waals surface area contributed by atoms with Crippen LogP contribution in [0.4, 0.5) is 0 Å². The molecule has 4 heteroatoms. The normalized spacial score (nSPS) is 24.8.